The second-order valence-electron chi connectivity index (χ2n) is 7.70. The largest absolute Gasteiger partial charge is 0.466 e. The fourth-order valence-electron chi connectivity index (χ4n) is 4.29. The smallest absolute Gasteiger partial charge is 0.338 e. The third kappa shape index (κ3) is 3.17. The van der Waals surface area contributed by atoms with E-state index in [2.05, 4.69) is 4.99 Å². The monoisotopic (exact) mass is 479 g/mol. The highest BCUT2D eigenvalue weighted by Gasteiger charge is 2.36. The molecule has 33 heavy (non-hydrogen) atoms. The van der Waals surface area contributed by atoms with E-state index in [1.807, 2.05) is 24.3 Å². The van der Waals surface area contributed by atoms with Crippen LogP contribution < -0.4 is 19.8 Å². The van der Waals surface area contributed by atoms with E-state index in [0.29, 0.717) is 32.2 Å². The van der Waals surface area contributed by atoms with E-state index in [0.717, 1.165) is 17.0 Å². The molecule has 1 atom stereocenters. The maximum atomic E-state index is 13.8. The molecule has 2 aliphatic rings. The summed E-state index contributed by atoms with van der Waals surface area (Å²) in [7, 11) is 2.97. The van der Waals surface area contributed by atoms with Crippen molar-refractivity contribution in [3.63, 3.8) is 0 Å². The maximum absolute atomic E-state index is 13.8. The number of allylic oxidation sites excluding steroid dienone is 1. The van der Waals surface area contributed by atoms with Crippen LogP contribution in [0.1, 0.15) is 24.1 Å². The van der Waals surface area contributed by atoms with Crippen molar-refractivity contribution in [2.45, 2.75) is 13.0 Å². The number of fused-ring (bicyclic) bond motifs is 2. The number of benzene rings is 2. The highest BCUT2D eigenvalue weighted by atomic mass is 35.5. The highest BCUT2D eigenvalue weighted by Crippen LogP contribution is 2.34. The number of methoxy groups -OCH3 is 1. The van der Waals surface area contributed by atoms with Crippen molar-refractivity contribution in [2.75, 3.05) is 19.1 Å². The number of rotatable bonds is 2. The fourth-order valence-corrected chi connectivity index (χ4v) is 5.56. The molecule has 0 fully saturated rings. The van der Waals surface area contributed by atoms with E-state index >= 15 is 0 Å². The van der Waals surface area contributed by atoms with Crippen molar-refractivity contribution in [2.24, 2.45) is 4.99 Å². The minimum absolute atomic E-state index is 0.256. The van der Waals surface area contributed by atoms with Gasteiger partial charge in [-0.15, -0.1) is 0 Å². The first kappa shape index (κ1) is 21.4. The molecule has 1 amide bonds. The van der Waals surface area contributed by atoms with E-state index in [9.17, 15) is 14.4 Å². The quantitative estimate of drug-likeness (QED) is 0.529. The Morgan fingerprint density at radius 1 is 1.12 bits per heavy atom. The number of para-hydroxylation sites is 1. The number of amides is 1. The molecule has 0 saturated carbocycles. The van der Waals surface area contributed by atoms with E-state index in [-0.39, 0.29) is 21.6 Å². The highest BCUT2D eigenvalue weighted by molar-refractivity contribution is 7.07. The molecule has 166 valence electrons. The summed E-state index contributed by atoms with van der Waals surface area (Å²) in [6.45, 7) is 1.71. The predicted molar refractivity (Wildman–Crippen MR) is 126 cm³/mol. The average molecular weight is 480 g/mol. The molecular formula is C24H18ClN3O4S. The summed E-state index contributed by atoms with van der Waals surface area (Å²) in [6, 6.07) is 13.5. The molecule has 3 heterocycles. The van der Waals surface area contributed by atoms with Crippen molar-refractivity contribution in [1.82, 2.24) is 4.57 Å². The molecule has 0 saturated heterocycles. The summed E-state index contributed by atoms with van der Waals surface area (Å²) in [5.41, 5.74) is 2.79. The van der Waals surface area contributed by atoms with Crippen molar-refractivity contribution in [3.8, 4) is 0 Å². The molecule has 9 heteroatoms. The normalized spacial score (nSPS) is 18.7. The van der Waals surface area contributed by atoms with Crippen LogP contribution in [0.5, 0.6) is 0 Å². The Kier molecular flexibility index (Phi) is 5.07. The van der Waals surface area contributed by atoms with Crippen LogP contribution in [0.25, 0.3) is 5.57 Å². The maximum Gasteiger partial charge on any atom is 0.338 e. The molecule has 1 unspecified atom stereocenters. The lowest BCUT2D eigenvalue weighted by Gasteiger charge is -2.24. The third-order valence-electron chi connectivity index (χ3n) is 5.87. The summed E-state index contributed by atoms with van der Waals surface area (Å²) in [4.78, 5) is 46.1. The van der Waals surface area contributed by atoms with E-state index in [1.54, 1.807) is 38.2 Å². The number of halogens is 1. The number of carbonyl (C=O) groups is 2. The summed E-state index contributed by atoms with van der Waals surface area (Å²) in [6.07, 6.45) is 0. The zero-order valence-electron chi connectivity index (χ0n) is 18.0. The first-order valence-corrected chi connectivity index (χ1v) is 11.3. The Morgan fingerprint density at radius 3 is 2.52 bits per heavy atom. The van der Waals surface area contributed by atoms with Crippen molar-refractivity contribution >= 4 is 46.1 Å². The van der Waals surface area contributed by atoms with Crippen LogP contribution in [0.2, 0.25) is 5.02 Å². The van der Waals surface area contributed by atoms with Crippen LogP contribution in [0.15, 0.2) is 69.6 Å². The Balaban J connectivity index is 1.85. The van der Waals surface area contributed by atoms with Gasteiger partial charge in [-0.3, -0.25) is 14.2 Å². The van der Waals surface area contributed by atoms with Crippen LogP contribution in [-0.2, 0) is 14.3 Å². The lowest BCUT2D eigenvalue weighted by molar-refractivity contribution is -0.136. The van der Waals surface area contributed by atoms with Crippen molar-refractivity contribution < 1.29 is 14.3 Å². The number of carbonyl (C=O) groups excluding carboxylic acids is 2. The number of hydrogen-bond donors (Lipinski definition) is 0. The first-order valence-electron chi connectivity index (χ1n) is 10.1. The standard InChI is InChI=1S/C24H18ClN3O4S/c1-12-17(23(31)32-3)19(13-8-10-14(25)11-9-13)28-22(30)20(33-24(28)26-12)18-15-6-4-5-7-16(15)27(2)21(18)29/h4-11,19H,1-3H3. The van der Waals surface area contributed by atoms with Crippen LogP contribution in [0.4, 0.5) is 5.69 Å². The minimum Gasteiger partial charge on any atom is -0.466 e. The Morgan fingerprint density at radius 2 is 1.82 bits per heavy atom. The summed E-state index contributed by atoms with van der Waals surface area (Å²) < 4.78 is 6.76. The van der Waals surface area contributed by atoms with Gasteiger partial charge in [-0.25, -0.2) is 9.79 Å². The number of nitrogens with zero attached hydrogens (tertiary/aromatic N) is 3. The molecule has 7 nitrogen and oxygen atoms in total. The summed E-state index contributed by atoms with van der Waals surface area (Å²) >= 11 is 7.21. The predicted octanol–water partition coefficient (Wildman–Crippen LogP) is 2.41. The molecule has 5 rings (SSSR count). The van der Waals surface area contributed by atoms with Gasteiger partial charge in [0.25, 0.3) is 11.5 Å². The molecule has 0 N–H and O–H groups in total. The molecule has 2 aliphatic heterocycles. The third-order valence-corrected chi connectivity index (χ3v) is 7.17. The molecule has 0 spiro atoms. The lowest BCUT2D eigenvalue weighted by Crippen LogP contribution is -2.40. The summed E-state index contributed by atoms with van der Waals surface area (Å²) in [5, 5.41) is 0.532. The van der Waals surface area contributed by atoms with Crippen molar-refractivity contribution in [3.05, 3.63) is 95.6 Å². The van der Waals surface area contributed by atoms with E-state index in [1.165, 1.54) is 16.6 Å². The van der Waals surface area contributed by atoms with Gasteiger partial charge in [0.2, 0.25) is 0 Å². The van der Waals surface area contributed by atoms with Crippen LogP contribution in [0, 0.1) is 0 Å². The van der Waals surface area contributed by atoms with Crippen LogP contribution in [-0.4, -0.2) is 30.6 Å². The van der Waals surface area contributed by atoms with E-state index < -0.39 is 12.0 Å². The second kappa shape index (κ2) is 7.83. The van der Waals surface area contributed by atoms with Gasteiger partial charge < -0.3 is 9.64 Å². The Hall–Kier alpha value is -3.49. The molecule has 0 bridgehead atoms. The van der Waals surface area contributed by atoms with E-state index in [4.69, 9.17) is 16.3 Å². The first-order chi connectivity index (χ1) is 15.8. The van der Waals surface area contributed by atoms with Crippen LogP contribution >= 0.6 is 22.9 Å². The number of anilines is 1. The van der Waals surface area contributed by atoms with Gasteiger partial charge in [-0.05, 0) is 30.7 Å². The van der Waals surface area contributed by atoms with Gasteiger partial charge in [0.15, 0.2) is 4.80 Å². The molecule has 3 aromatic rings. The summed E-state index contributed by atoms with van der Waals surface area (Å²) in [5.74, 6) is -0.829. The number of hydrogen-bond acceptors (Lipinski definition) is 6. The number of aromatic nitrogens is 1. The van der Waals surface area contributed by atoms with Gasteiger partial charge >= 0.3 is 5.97 Å². The van der Waals surface area contributed by atoms with Gasteiger partial charge in [-0.1, -0.05) is 53.3 Å². The SMILES string of the molecule is COC(=O)C1=C(C)N=c2sc(=C3C(=O)N(C)c4ccccc43)c(=O)n2C1c1ccc(Cl)cc1. The average Bonchev–Trinajstić information content (AvgIpc) is 3.26. The molecule has 0 radical (unpaired) electrons. The number of esters is 1. The zero-order chi connectivity index (χ0) is 23.4. The number of likely N-dealkylation sites (N-methyl/N-ethyl adjacent to an activating group) is 1. The lowest BCUT2D eigenvalue weighted by atomic mass is 9.96. The second-order valence-corrected chi connectivity index (χ2v) is 9.12. The molecular weight excluding hydrogens is 462 g/mol. The Bertz CT molecular complexity index is 1550. The van der Waals surface area contributed by atoms with Crippen molar-refractivity contribution in [1.29, 1.82) is 0 Å². The minimum atomic E-state index is -0.759. The topological polar surface area (TPSA) is 81.0 Å². The van der Waals surface area contributed by atoms with Gasteiger partial charge in [-0.2, -0.15) is 0 Å². The zero-order valence-corrected chi connectivity index (χ0v) is 19.5. The van der Waals surface area contributed by atoms with Gasteiger partial charge in [0.05, 0.1) is 35.7 Å². The molecule has 1 aromatic heterocycles. The van der Waals surface area contributed by atoms with Gasteiger partial charge in [0, 0.05) is 17.6 Å². The number of thiazole rings is 1. The molecule has 0 aliphatic carbocycles. The number of ether oxygens (including phenoxy) is 1. The molecule has 2 aromatic carbocycles. The van der Waals surface area contributed by atoms with Gasteiger partial charge in [0.1, 0.15) is 4.53 Å². The fraction of sp³-hybridized carbons (Fsp3) is 0.167. The van der Waals surface area contributed by atoms with Crippen LogP contribution in [0.3, 0.4) is 0 Å². The Labute approximate surface area is 197 Å².